The van der Waals surface area contributed by atoms with E-state index in [4.69, 9.17) is 5.21 Å². The Hall–Kier alpha value is -0.0900. The molecule has 0 heterocycles. The molecule has 0 aliphatic carbocycles. The van der Waals surface area contributed by atoms with Crippen LogP contribution in [0.3, 0.4) is 0 Å². The van der Waals surface area contributed by atoms with Crippen molar-refractivity contribution < 1.29 is 10.0 Å². The van der Waals surface area contributed by atoms with Crippen LogP contribution in [0.5, 0.6) is 0 Å². The van der Waals surface area contributed by atoms with Gasteiger partial charge in [0.2, 0.25) is 0 Å². The van der Waals surface area contributed by atoms with Gasteiger partial charge >= 0.3 is 0 Å². The van der Waals surface area contributed by atoms with Crippen LogP contribution in [0.2, 0.25) is 0 Å². The van der Waals surface area contributed by atoms with Gasteiger partial charge in [0.15, 0.2) is 0 Å². The van der Waals surface area contributed by atoms with Gasteiger partial charge in [0.25, 0.3) is 5.91 Å². The highest BCUT2D eigenvalue weighted by Crippen LogP contribution is 2.17. The van der Waals surface area contributed by atoms with Crippen molar-refractivity contribution in [2.24, 2.45) is 0 Å². The molecular weight excluding hydrogens is 558 g/mol. The van der Waals surface area contributed by atoms with Gasteiger partial charge in [-0.2, -0.15) is 4.09 Å². The zero-order valence-corrected chi connectivity index (χ0v) is 28.8. The number of carbonyl (C=O) groups is 1. The number of amides is 1. The Bertz CT molecular complexity index is 485. The Kier molecular flexibility index (Phi) is 35.0. The maximum atomic E-state index is 11.2. The summed E-state index contributed by atoms with van der Waals surface area (Å²) in [6, 6.07) is 0. The van der Waals surface area contributed by atoms with Gasteiger partial charge in [-0.1, -0.05) is 212 Å². The van der Waals surface area contributed by atoms with Crippen LogP contribution in [0, 0.1) is 0 Å². The lowest BCUT2D eigenvalue weighted by molar-refractivity contribution is -0.143. The predicted molar refractivity (Wildman–Crippen MR) is 180 cm³/mol. The minimum atomic E-state index is -0.249. The Morgan fingerprint density at radius 2 is 0.575 bits per heavy atom. The van der Waals surface area contributed by atoms with Crippen LogP contribution in [0.15, 0.2) is 0 Å². The van der Waals surface area contributed by atoms with Crippen LogP contribution >= 0.6 is 16.1 Å². The van der Waals surface area contributed by atoms with Crippen LogP contribution in [0.4, 0.5) is 0 Å². The normalized spacial score (nSPS) is 11.4. The van der Waals surface area contributed by atoms with Gasteiger partial charge in [0, 0.05) is 6.42 Å². The third-order valence-electron chi connectivity index (χ3n) is 8.70. The fraction of sp³-hybridized carbons (Fsp3) is 0.972. The molecule has 0 aromatic heterocycles. The van der Waals surface area contributed by atoms with Gasteiger partial charge in [0.05, 0.1) is 16.1 Å². The molecular formula is C36H72BrNO2. The molecule has 40 heavy (non-hydrogen) atoms. The second-order valence-electron chi connectivity index (χ2n) is 12.7. The van der Waals surface area contributed by atoms with Crippen molar-refractivity contribution in [2.45, 2.75) is 225 Å². The van der Waals surface area contributed by atoms with Crippen molar-refractivity contribution in [1.29, 1.82) is 0 Å². The van der Waals surface area contributed by atoms with E-state index >= 15 is 0 Å². The van der Waals surface area contributed by atoms with E-state index in [1.54, 1.807) is 0 Å². The van der Waals surface area contributed by atoms with Crippen molar-refractivity contribution in [3.63, 3.8) is 0 Å². The standard InChI is InChI=1S/C36H72BrNO2/c1-2-3-4-5-6-7-8-9-10-11-12-13-14-15-16-17-18-19-20-21-22-23-24-25-26-27-28-29-30-31-32-33-34-35-36(39)38(37)40/h40H,2-35H2,1H3. The zero-order valence-electron chi connectivity index (χ0n) is 27.2. The lowest BCUT2D eigenvalue weighted by atomic mass is 10.0. The summed E-state index contributed by atoms with van der Waals surface area (Å²) in [7, 11) is 0. The van der Waals surface area contributed by atoms with Gasteiger partial charge < -0.3 is 0 Å². The van der Waals surface area contributed by atoms with Gasteiger partial charge in [-0.25, -0.2) is 0 Å². The van der Waals surface area contributed by atoms with Crippen molar-refractivity contribution >= 4 is 22.1 Å². The Morgan fingerprint density at radius 3 is 0.750 bits per heavy atom. The third-order valence-corrected chi connectivity index (χ3v) is 9.10. The summed E-state index contributed by atoms with van der Waals surface area (Å²) in [5.41, 5.74) is 0. The summed E-state index contributed by atoms with van der Waals surface area (Å²) >= 11 is 2.75. The molecule has 0 bridgehead atoms. The third kappa shape index (κ3) is 34.1. The zero-order chi connectivity index (χ0) is 29.2. The van der Waals surface area contributed by atoms with Crippen molar-refractivity contribution in [3.8, 4) is 0 Å². The van der Waals surface area contributed by atoms with Crippen molar-refractivity contribution in [3.05, 3.63) is 0 Å². The van der Waals surface area contributed by atoms with Crippen LogP contribution in [0.1, 0.15) is 225 Å². The molecule has 0 saturated heterocycles. The minimum absolute atomic E-state index is 0.249. The molecule has 0 unspecified atom stereocenters. The van der Waals surface area contributed by atoms with E-state index < -0.39 is 0 Å². The average molecular weight is 631 g/mol. The Balaban J connectivity index is 3.05. The average Bonchev–Trinajstić information content (AvgIpc) is 2.95. The fourth-order valence-corrected chi connectivity index (χ4v) is 6.10. The highest BCUT2D eigenvalue weighted by Gasteiger charge is 2.06. The lowest BCUT2D eigenvalue weighted by Gasteiger charge is -2.05. The molecule has 0 saturated carbocycles. The first-order valence-electron chi connectivity index (χ1n) is 18.4. The summed E-state index contributed by atoms with van der Waals surface area (Å²) in [6.07, 6.45) is 46.9. The van der Waals surface area contributed by atoms with E-state index in [1.807, 2.05) is 0 Å². The first-order chi connectivity index (χ1) is 19.7. The topological polar surface area (TPSA) is 40.5 Å². The first kappa shape index (κ1) is 39.9. The Morgan fingerprint density at radius 1 is 0.400 bits per heavy atom. The summed E-state index contributed by atoms with van der Waals surface area (Å²) < 4.78 is 0.524. The monoisotopic (exact) mass is 629 g/mol. The number of hydrogen-bond acceptors (Lipinski definition) is 2. The van der Waals surface area contributed by atoms with Crippen LogP contribution in [-0.2, 0) is 4.79 Å². The quantitative estimate of drug-likeness (QED) is 0.0333. The SMILES string of the molecule is CCCCCCCCCCCCCCCCCCCCCCCCCCCCCCCCCCCC(=O)N(O)Br. The lowest BCUT2D eigenvalue weighted by Crippen LogP contribution is -2.15. The largest absolute Gasteiger partial charge is 0.275 e. The van der Waals surface area contributed by atoms with Crippen LogP contribution < -0.4 is 0 Å². The molecule has 0 atom stereocenters. The maximum absolute atomic E-state index is 11.2. The van der Waals surface area contributed by atoms with E-state index in [0.29, 0.717) is 10.5 Å². The molecule has 0 aromatic rings. The number of hydrogen-bond donors (Lipinski definition) is 1. The first-order valence-corrected chi connectivity index (χ1v) is 19.1. The maximum Gasteiger partial charge on any atom is 0.256 e. The van der Waals surface area contributed by atoms with Crippen molar-refractivity contribution in [1.82, 2.24) is 4.09 Å². The predicted octanol–water partition coefficient (Wildman–Crippen LogP) is 13.8. The molecule has 0 radical (unpaired) electrons. The Labute approximate surface area is 260 Å². The molecule has 1 amide bonds. The van der Waals surface area contributed by atoms with Crippen molar-refractivity contribution in [2.75, 3.05) is 0 Å². The van der Waals surface area contributed by atoms with Crippen LogP contribution in [-0.4, -0.2) is 15.2 Å². The van der Waals surface area contributed by atoms with Gasteiger partial charge in [-0.05, 0) is 6.42 Å². The molecule has 240 valence electrons. The number of hydroxylamine groups is 1. The summed E-state index contributed by atoms with van der Waals surface area (Å²) in [6.45, 7) is 2.30. The molecule has 0 spiro atoms. The van der Waals surface area contributed by atoms with Crippen LogP contribution in [0.25, 0.3) is 0 Å². The minimum Gasteiger partial charge on any atom is -0.275 e. The summed E-state index contributed by atoms with van der Waals surface area (Å²) in [5, 5.41) is 8.94. The summed E-state index contributed by atoms with van der Waals surface area (Å²) in [4.78, 5) is 11.2. The van der Waals surface area contributed by atoms with E-state index in [2.05, 4.69) is 23.1 Å². The molecule has 4 heteroatoms. The highest BCUT2D eigenvalue weighted by molar-refractivity contribution is 9.07. The fourth-order valence-electron chi connectivity index (χ4n) is 5.92. The van der Waals surface area contributed by atoms with E-state index in [0.717, 1.165) is 12.8 Å². The highest BCUT2D eigenvalue weighted by atomic mass is 79.9. The number of unbranched alkanes of at least 4 members (excludes halogenated alkanes) is 32. The number of nitrogens with zero attached hydrogens (tertiary/aromatic N) is 1. The molecule has 3 nitrogen and oxygen atoms in total. The second-order valence-corrected chi connectivity index (χ2v) is 13.4. The number of rotatable bonds is 34. The number of halogens is 1. The molecule has 0 aliphatic rings. The molecule has 0 rings (SSSR count). The molecule has 0 fully saturated rings. The van der Waals surface area contributed by atoms with Gasteiger partial charge in [-0.3, -0.25) is 10.0 Å². The summed E-state index contributed by atoms with van der Waals surface area (Å²) in [5.74, 6) is -0.249. The second kappa shape index (κ2) is 35.1. The molecule has 1 N–H and O–H groups in total. The van der Waals surface area contributed by atoms with E-state index in [-0.39, 0.29) is 5.91 Å². The number of carbonyl (C=O) groups excluding carboxylic acids is 1. The molecule has 0 aromatic carbocycles. The molecule has 0 aliphatic heterocycles. The van der Waals surface area contributed by atoms with Gasteiger partial charge in [0.1, 0.15) is 0 Å². The van der Waals surface area contributed by atoms with Gasteiger partial charge in [-0.15, -0.1) is 0 Å². The van der Waals surface area contributed by atoms with E-state index in [1.165, 1.54) is 199 Å². The van der Waals surface area contributed by atoms with E-state index in [9.17, 15) is 4.79 Å². The smallest absolute Gasteiger partial charge is 0.256 e.